The molecular formula is C15H12BrClOS. The molecule has 0 bridgehead atoms. The average Bonchev–Trinajstić information content (AvgIpc) is 2.41. The molecule has 1 atom stereocenters. The second-order valence-electron chi connectivity index (χ2n) is 4.08. The maximum Gasteiger partial charge on any atom is 0.110 e. The molecular weight excluding hydrogens is 344 g/mol. The average molecular weight is 356 g/mol. The van der Waals surface area contributed by atoms with Crippen molar-refractivity contribution in [1.82, 2.24) is 0 Å². The van der Waals surface area contributed by atoms with E-state index in [9.17, 15) is 4.21 Å². The van der Waals surface area contributed by atoms with Gasteiger partial charge in [0.1, 0.15) is 4.36 Å². The molecule has 0 aromatic heterocycles. The molecule has 0 aliphatic heterocycles. The van der Waals surface area contributed by atoms with Crippen molar-refractivity contribution < 1.29 is 4.21 Å². The highest BCUT2D eigenvalue weighted by Crippen LogP contribution is 2.21. The minimum Gasteiger partial charge on any atom is -0.248 e. The van der Waals surface area contributed by atoms with Crippen molar-refractivity contribution in [3.05, 3.63) is 68.5 Å². The zero-order chi connectivity index (χ0) is 13.8. The molecule has 0 aliphatic carbocycles. The van der Waals surface area contributed by atoms with E-state index in [0.717, 1.165) is 15.6 Å². The minimum atomic E-state index is -1.33. The number of aryl methyl sites for hydroxylation is 1. The third kappa shape index (κ3) is 4.03. The van der Waals surface area contributed by atoms with Crippen LogP contribution in [-0.2, 0) is 10.8 Å². The summed E-state index contributed by atoms with van der Waals surface area (Å²) < 4.78 is 13.6. The third-order valence-corrected chi connectivity index (χ3v) is 4.79. The zero-order valence-electron chi connectivity index (χ0n) is 10.3. The van der Waals surface area contributed by atoms with Gasteiger partial charge in [-0.25, -0.2) is 4.21 Å². The summed E-state index contributed by atoms with van der Waals surface area (Å²) in [6, 6.07) is 15.2. The van der Waals surface area contributed by atoms with Crippen LogP contribution in [0.3, 0.4) is 0 Å². The molecule has 0 saturated heterocycles. The van der Waals surface area contributed by atoms with Gasteiger partial charge < -0.3 is 0 Å². The lowest BCUT2D eigenvalue weighted by Crippen LogP contribution is -1.91. The first-order valence-electron chi connectivity index (χ1n) is 5.67. The normalized spacial score (nSPS) is 13.3. The van der Waals surface area contributed by atoms with Crippen molar-refractivity contribution in [2.24, 2.45) is 0 Å². The van der Waals surface area contributed by atoms with Crippen LogP contribution in [0, 0.1) is 6.92 Å². The Morgan fingerprint density at radius 2 is 1.68 bits per heavy atom. The van der Waals surface area contributed by atoms with Crippen LogP contribution in [0.25, 0.3) is 6.08 Å². The lowest BCUT2D eigenvalue weighted by molar-refractivity contribution is 0.688. The van der Waals surface area contributed by atoms with E-state index in [-0.39, 0.29) is 0 Å². The summed E-state index contributed by atoms with van der Waals surface area (Å²) in [5.41, 5.74) is 2.06. The Balaban J connectivity index is 2.23. The molecule has 2 aromatic carbocycles. The Bertz CT molecular complexity index is 618. The fourth-order valence-corrected chi connectivity index (χ4v) is 3.03. The van der Waals surface area contributed by atoms with Crippen LogP contribution in [0.1, 0.15) is 11.1 Å². The first-order valence-corrected chi connectivity index (χ1v) is 7.99. The summed E-state index contributed by atoms with van der Waals surface area (Å²) in [5.74, 6) is 0. The van der Waals surface area contributed by atoms with Gasteiger partial charge in [0, 0.05) is 9.37 Å². The van der Waals surface area contributed by atoms with Gasteiger partial charge in [-0.05, 0) is 42.8 Å². The van der Waals surface area contributed by atoms with Crippen LogP contribution in [0.2, 0.25) is 0 Å². The molecule has 0 N–H and O–H groups in total. The van der Waals surface area contributed by atoms with Gasteiger partial charge in [-0.2, -0.15) is 0 Å². The molecule has 0 heterocycles. The molecule has 4 heteroatoms. The fourth-order valence-electron chi connectivity index (χ4n) is 1.52. The highest BCUT2D eigenvalue weighted by atomic mass is 79.9. The number of halogens is 2. The Hall–Kier alpha value is -0.900. The topological polar surface area (TPSA) is 17.1 Å². The molecule has 0 radical (unpaired) electrons. The lowest BCUT2D eigenvalue weighted by Gasteiger charge is -2.02. The third-order valence-electron chi connectivity index (χ3n) is 2.56. The van der Waals surface area contributed by atoms with Gasteiger partial charge >= 0.3 is 0 Å². The first-order chi connectivity index (χ1) is 9.06. The van der Waals surface area contributed by atoms with Crippen molar-refractivity contribution in [3.8, 4) is 0 Å². The predicted molar refractivity (Wildman–Crippen MR) is 85.6 cm³/mol. The number of rotatable bonds is 3. The van der Waals surface area contributed by atoms with E-state index < -0.39 is 10.8 Å². The molecule has 0 spiro atoms. The molecule has 1 nitrogen and oxygen atoms in total. The van der Waals surface area contributed by atoms with Crippen LogP contribution < -0.4 is 0 Å². The largest absolute Gasteiger partial charge is 0.248 e. The van der Waals surface area contributed by atoms with E-state index in [1.54, 1.807) is 6.08 Å². The van der Waals surface area contributed by atoms with E-state index in [1.807, 2.05) is 55.5 Å². The van der Waals surface area contributed by atoms with Gasteiger partial charge in [0.25, 0.3) is 0 Å². The standard InChI is InChI=1S/C15H12BrClOS/c1-11-2-8-14(9-3-11)19(18)15(17)10-12-4-6-13(16)7-5-12/h2-10H,1H3/b15-10-/t19-/m1/s1. The summed E-state index contributed by atoms with van der Waals surface area (Å²) in [6.07, 6.45) is 1.73. The lowest BCUT2D eigenvalue weighted by atomic mass is 10.2. The Morgan fingerprint density at radius 3 is 2.26 bits per heavy atom. The van der Waals surface area contributed by atoms with Crippen LogP contribution in [-0.4, -0.2) is 4.21 Å². The van der Waals surface area contributed by atoms with Gasteiger partial charge in [-0.3, -0.25) is 0 Å². The molecule has 0 aliphatic rings. The minimum absolute atomic E-state index is 0.325. The second kappa shape index (κ2) is 6.51. The molecule has 0 saturated carbocycles. The van der Waals surface area contributed by atoms with Gasteiger partial charge in [0.15, 0.2) is 0 Å². The van der Waals surface area contributed by atoms with Crippen molar-refractivity contribution in [1.29, 1.82) is 0 Å². The fraction of sp³-hybridized carbons (Fsp3) is 0.0667. The molecule has 2 rings (SSSR count). The number of benzene rings is 2. The van der Waals surface area contributed by atoms with Crippen LogP contribution in [0.15, 0.2) is 62.3 Å². The summed E-state index contributed by atoms with van der Waals surface area (Å²) >= 11 is 9.50. The Morgan fingerprint density at radius 1 is 1.11 bits per heavy atom. The molecule has 2 aromatic rings. The number of hydrogen-bond acceptors (Lipinski definition) is 1. The van der Waals surface area contributed by atoms with Crippen molar-refractivity contribution in [2.45, 2.75) is 11.8 Å². The summed E-state index contributed by atoms with van der Waals surface area (Å²) in [7, 11) is -1.33. The summed E-state index contributed by atoms with van der Waals surface area (Å²) in [6.45, 7) is 1.99. The van der Waals surface area contributed by atoms with E-state index in [0.29, 0.717) is 9.26 Å². The molecule has 0 unspecified atom stereocenters. The smallest absolute Gasteiger partial charge is 0.110 e. The molecule has 0 amide bonds. The predicted octanol–water partition coefficient (Wildman–Crippen LogP) is 5.10. The first kappa shape index (κ1) is 14.5. The maximum absolute atomic E-state index is 12.2. The number of hydrogen-bond donors (Lipinski definition) is 0. The monoisotopic (exact) mass is 354 g/mol. The SMILES string of the molecule is Cc1ccc([S@@](=O)/C(Cl)=C\c2ccc(Br)cc2)cc1. The summed E-state index contributed by atoms with van der Waals surface area (Å²) in [5, 5.41) is 0. The quantitative estimate of drug-likeness (QED) is 0.748. The van der Waals surface area contributed by atoms with E-state index in [2.05, 4.69) is 15.9 Å². The van der Waals surface area contributed by atoms with E-state index >= 15 is 0 Å². The van der Waals surface area contributed by atoms with Crippen molar-refractivity contribution in [3.63, 3.8) is 0 Å². The molecule has 98 valence electrons. The van der Waals surface area contributed by atoms with Gasteiger partial charge in [0.2, 0.25) is 0 Å². The Labute approximate surface area is 128 Å². The molecule has 19 heavy (non-hydrogen) atoms. The highest BCUT2D eigenvalue weighted by Gasteiger charge is 2.07. The highest BCUT2D eigenvalue weighted by molar-refractivity contribution is 9.10. The zero-order valence-corrected chi connectivity index (χ0v) is 13.4. The van der Waals surface area contributed by atoms with E-state index in [1.165, 1.54) is 0 Å². The van der Waals surface area contributed by atoms with Crippen LogP contribution >= 0.6 is 27.5 Å². The maximum atomic E-state index is 12.2. The van der Waals surface area contributed by atoms with Gasteiger partial charge in [0.05, 0.1) is 10.8 Å². The summed E-state index contributed by atoms with van der Waals surface area (Å²) in [4.78, 5) is 0.712. The second-order valence-corrected chi connectivity index (χ2v) is 7.08. The van der Waals surface area contributed by atoms with Gasteiger partial charge in [-0.15, -0.1) is 0 Å². The van der Waals surface area contributed by atoms with E-state index in [4.69, 9.17) is 11.6 Å². The van der Waals surface area contributed by atoms with Crippen LogP contribution in [0.4, 0.5) is 0 Å². The van der Waals surface area contributed by atoms with Crippen molar-refractivity contribution >= 4 is 44.4 Å². The molecule has 0 fully saturated rings. The Kier molecular flexibility index (Phi) is 4.97. The van der Waals surface area contributed by atoms with Crippen molar-refractivity contribution in [2.75, 3.05) is 0 Å². The van der Waals surface area contributed by atoms with Gasteiger partial charge in [-0.1, -0.05) is 57.4 Å². The van der Waals surface area contributed by atoms with Crippen LogP contribution in [0.5, 0.6) is 0 Å².